The summed E-state index contributed by atoms with van der Waals surface area (Å²) in [5.74, 6) is 1.63. The minimum absolute atomic E-state index is 0.136. The summed E-state index contributed by atoms with van der Waals surface area (Å²) in [7, 11) is 1.68. The van der Waals surface area contributed by atoms with Crippen LogP contribution in [0.4, 0.5) is 5.69 Å². The first kappa shape index (κ1) is 14.0. The molecule has 0 aromatic heterocycles. The zero-order chi connectivity index (χ0) is 14.7. The van der Waals surface area contributed by atoms with E-state index in [0.29, 0.717) is 6.54 Å². The lowest BCUT2D eigenvalue weighted by atomic mass is 10.0. The van der Waals surface area contributed by atoms with E-state index < -0.39 is 0 Å². The molecule has 1 saturated carbocycles. The summed E-state index contributed by atoms with van der Waals surface area (Å²) in [6.07, 6.45) is 2.64. The van der Waals surface area contributed by atoms with Crippen LogP contribution in [0.1, 0.15) is 35.9 Å². The fourth-order valence-corrected chi connectivity index (χ4v) is 2.61. The Bertz CT molecular complexity index is 590. The molecule has 0 radical (unpaired) electrons. The van der Waals surface area contributed by atoms with Crippen molar-refractivity contribution in [3.8, 4) is 5.75 Å². The fourth-order valence-electron chi connectivity index (χ4n) is 2.61. The molecule has 110 valence electrons. The second-order valence-electron chi connectivity index (χ2n) is 5.61. The van der Waals surface area contributed by atoms with Gasteiger partial charge in [0.1, 0.15) is 5.75 Å². The van der Waals surface area contributed by atoms with Crippen LogP contribution in [0.2, 0.25) is 0 Å². The Balaban J connectivity index is 1.75. The molecule has 0 spiro atoms. The van der Waals surface area contributed by atoms with Crippen LogP contribution < -0.4 is 15.8 Å². The molecule has 2 aromatic carbocycles. The zero-order valence-electron chi connectivity index (χ0n) is 12.4. The quantitative estimate of drug-likeness (QED) is 0.849. The summed E-state index contributed by atoms with van der Waals surface area (Å²) >= 11 is 0. The number of rotatable bonds is 6. The highest BCUT2D eigenvalue weighted by Crippen LogP contribution is 2.40. The van der Waals surface area contributed by atoms with Gasteiger partial charge in [-0.2, -0.15) is 0 Å². The van der Waals surface area contributed by atoms with Gasteiger partial charge in [-0.15, -0.1) is 0 Å². The molecule has 21 heavy (non-hydrogen) atoms. The Morgan fingerprint density at radius 2 is 1.95 bits per heavy atom. The normalized spacial score (nSPS) is 15.5. The Labute approximate surface area is 126 Å². The van der Waals surface area contributed by atoms with Crippen molar-refractivity contribution in [2.75, 3.05) is 19.0 Å². The molecule has 3 rings (SSSR count). The lowest BCUT2D eigenvalue weighted by molar-refractivity contribution is 0.415. The molecule has 0 heterocycles. The Morgan fingerprint density at radius 1 is 1.19 bits per heavy atom. The van der Waals surface area contributed by atoms with Crippen LogP contribution in [0, 0.1) is 0 Å². The molecule has 1 aliphatic rings. The highest BCUT2D eigenvalue weighted by atomic mass is 16.5. The van der Waals surface area contributed by atoms with Crippen LogP contribution in [0.5, 0.6) is 5.75 Å². The summed E-state index contributed by atoms with van der Waals surface area (Å²) in [5, 5.41) is 3.50. The van der Waals surface area contributed by atoms with E-state index >= 15 is 0 Å². The van der Waals surface area contributed by atoms with Gasteiger partial charge >= 0.3 is 0 Å². The highest BCUT2D eigenvalue weighted by molar-refractivity contribution is 5.48. The summed E-state index contributed by atoms with van der Waals surface area (Å²) in [5.41, 5.74) is 9.73. The van der Waals surface area contributed by atoms with E-state index in [9.17, 15) is 0 Å². The standard InChI is InChI=1S/C18H22N2O/c1-21-17-9-7-16(8-10-17)20-18(12-19)15-4-2-3-14(11-15)13-5-6-13/h2-4,7-11,13,18,20H,5-6,12,19H2,1H3. The van der Waals surface area contributed by atoms with E-state index in [2.05, 4.69) is 29.6 Å². The molecule has 0 bridgehead atoms. The van der Waals surface area contributed by atoms with Crippen molar-refractivity contribution < 1.29 is 4.74 Å². The topological polar surface area (TPSA) is 47.3 Å². The van der Waals surface area contributed by atoms with Gasteiger partial charge in [-0.25, -0.2) is 0 Å². The first-order valence-corrected chi connectivity index (χ1v) is 7.50. The van der Waals surface area contributed by atoms with Crippen LogP contribution in [0.25, 0.3) is 0 Å². The predicted molar refractivity (Wildman–Crippen MR) is 86.8 cm³/mol. The molecular formula is C18H22N2O. The molecule has 1 unspecified atom stereocenters. The van der Waals surface area contributed by atoms with Gasteiger partial charge in [-0.1, -0.05) is 24.3 Å². The van der Waals surface area contributed by atoms with E-state index in [1.807, 2.05) is 24.3 Å². The Morgan fingerprint density at radius 3 is 2.57 bits per heavy atom. The van der Waals surface area contributed by atoms with Crippen molar-refractivity contribution in [1.82, 2.24) is 0 Å². The minimum Gasteiger partial charge on any atom is -0.497 e. The third-order valence-electron chi connectivity index (χ3n) is 4.03. The van der Waals surface area contributed by atoms with Crippen LogP contribution in [0.3, 0.4) is 0 Å². The van der Waals surface area contributed by atoms with Crippen molar-refractivity contribution >= 4 is 5.69 Å². The van der Waals surface area contributed by atoms with E-state index in [-0.39, 0.29) is 6.04 Å². The number of nitrogens with one attached hydrogen (secondary N) is 1. The second-order valence-corrected chi connectivity index (χ2v) is 5.61. The number of ether oxygens (including phenoxy) is 1. The highest BCUT2D eigenvalue weighted by Gasteiger charge is 2.24. The van der Waals surface area contributed by atoms with Crippen LogP contribution >= 0.6 is 0 Å². The molecule has 3 N–H and O–H groups in total. The fraction of sp³-hybridized carbons (Fsp3) is 0.333. The van der Waals surface area contributed by atoms with E-state index in [4.69, 9.17) is 10.5 Å². The molecule has 2 aromatic rings. The molecule has 0 saturated heterocycles. The SMILES string of the molecule is COc1ccc(NC(CN)c2cccc(C3CC3)c2)cc1. The molecule has 1 atom stereocenters. The van der Waals surface area contributed by atoms with Crippen molar-refractivity contribution in [3.05, 3.63) is 59.7 Å². The molecule has 1 aliphatic carbocycles. The molecule has 3 nitrogen and oxygen atoms in total. The van der Waals surface area contributed by atoms with Crippen LogP contribution in [0.15, 0.2) is 48.5 Å². The van der Waals surface area contributed by atoms with E-state index in [0.717, 1.165) is 17.4 Å². The van der Waals surface area contributed by atoms with Crippen LogP contribution in [-0.4, -0.2) is 13.7 Å². The summed E-state index contributed by atoms with van der Waals surface area (Å²) < 4.78 is 5.18. The summed E-state index contributed by atoms with van der Waals surface area (Å²) in [6, 6.07) is 16.9. The average molecular weight is 282 g/mol. The van der Waals surface area contributed by atoms with Crippen molar-refractivity contribution in [2.45, 2.75) is 24.8 Å². The Kier molecular flexibility index (Phi) is 4.11. The first-order valence-electron chi connectivity index (χ1n) is 7.50. The number of hydrogen-bond donors (Lipinski definition) is 2. The number of methoxy groups -OCH3 is 1. The third kappa shape index (κ3) is 3.37. The summed E-state index contributed by atoms with van der Waals surface area (Å²) in [4.78, 5) is 0. The van der Waals surface area contributed by atoms with Gasteiger partial charge in [-0.3, -0.25) is 0 Å². The van der Waals surface area contributed by atoms with Gasteiger partial charge in [0.15, 0.2) is 0 Å². The minimum atomic E-state index is 0.136. The summed E-state index contributed by atoms with van der Waals surface area (Å²) in [6.45, 7) is 0.570. The van der Waals surface area contributed by atoms with E-state index in [1.165, 1.54) is 24.0 Å². The largest absolute Gasteiger partial charge is 0.497 e. The van der Waals surface area contributed by atoms with E-state index in [1.54, 1.807) is 7.11 Å². The van der Waals surface area contributed by atoms with Gasteiger partial charge in [-0.05, 0) is 54.2 Å². The van der Waals surface area contributed by atoms with Crippen LogP contribution in [-0.2, 0) is 0 Å². The number of hydrogen-bond acceptors (Lipinski definition) is 3. The predicted octanol–water partition coefficient (Wildman–Crippen LogP) is 3.68. The maximum Gasteiger partial charge on any atom is 0.119 e. The second kappa shape index (κ2) is 6.19. The Hall–Kier alpha value is -2.00. The molecule has 0 amide bonds. The zero-order valence-corrected chi connectivity index (χ0v) is 12.4. The molecule has 3 heteroatoms. The smallest absolute Gasteiger partial charge is 0.119 e. The maximum atomic E-state index is 5.96. The van der Waals surface area contributed by atoms with Crippen molar-refractivity contribution in [2.24, 2.45) is 5.73 Å². The maximum absolute atomic E-state index is 5.96. The molecule has 0 aliphatic heterocycles. The lowest BCUT2D eigenvalue weighted by Gasteiger charge is -2.19. The number of benzene rings is 2. The molecule has 1 fully saturated rings. The van der Waals surface area contributed by atoms with Gasteiger partial charge < -0.3 is 15.8 Å². The number of nitrogens with two attached hydrogens (primary N) is 1. The van der Waals surface area contributed by atoms with Crippen molar-refractivity contribution in [1.29, 1.82) is 0 Å². The first-order chi connectivity index (χ1) is 10.3. The lowest BCUT2D eigenvalue weighted by Crippen LogP contribution is -2.20. The molecular weight excluding hydrogens is 260 g/mol. The number of anilines is 1. The van der Waals surface area contributed by atoms with Gasteiger partial charge in [0.2, 0.25) is 0 Å². The third-order valence-corrected chi connectivity index (χ3v) is 4.03. The average Bonchev–Trinajstić information content (AvgIpc) is 3.38. The van der Waals surface area contributed by atoms with Gasteiger partial charge in [0.05, 0.1) is 13.2 Å². The van der Waals surface area contributed by atoms with Gasteiger partial charge in [0, 0.05) is 12.2 Å². The van der Waals surface area contributed by atoms with Crippen molar-refractivity contribution in [3.63, 3.8) is 0 Å². The van der Waals surface area contributed by atoms with Gasteiger partial charge in [0.25, 0.3) is 0 Å². The monoisotopic (exact) mass is 282 g/mol.